The van der Waals surface area contributed by atoms with Crippen molar-refractivity contribution in [1.82, 2.24) is 4.90 Å². The predicted molar refractivity (Wildman–Crippen MR) is 94.4 cm³/mol. The van der Waals surface area contributed by atoms with Crippen molar-refractivity contribution >= 4 is 29.3 Å². The number of nitrogens with zero attached hydrogens (tertiary/aromatic N) is 2. The van der Waals surface area contributed by atoms with Gasteiger partial charge in [-0.1, -0.05) is 6.92 Å². The molecule has 1 saturated heterocycles. The van der Waals surface area contributed by atoms with Crippen LogP contribution in [0.25, 0.3) is 0 Å². The zero-order valence-corrected chi connectivity index (χ0v) is 15.2. The molecule has 0 N–H and O–H groups in total. The van der Waals surface area contributed by atoms with Gasteiger partial charge in [0, 0.05) is 30.1 Å². The first kappa shape index (κ1) is 19.2. The van der Waals surface area contributed by atoms with Gasteiger partial charge in [-0.05, 0) is 37.8 Å². The van der Waals surface area contributed by atoms with E-state index in [1.54, 1.807) is 24.0 Å². The van der Waals surface area contributed by atoms with E-state index in [9.17, 15) is 19.7 Å². The van der Waals surface area contributed by atoms with E-state index in [2.05, 4.69) is 6.92 Å². The van der Waals surface area contributed by atoms with Gasteiger partial charge >= 0.3 is 5.97 Å². The summed E-state index contributed by atoms with van der Waals surface area (Å²) in [5, 5.41) is 10.6. The molecule has 0 bridgehead atoms. The molecular weight excluding hydrogens is 344 g/mol. The number of hydrogen-bond acceptors (Lipinski definition) is 6. The number of hydrogen-bond donors (Lipinski definition) is 0. The average molecular weight is 366 g/mol. The molecule has 136 valence electrons. The summed E-state index contributed by atoms with van der Waals surface area (Å²) in [5.41, 5.74) is 0.00185. The van der Waals surface area contributed by atoms with E-state index in [1.165, 1.54) is 23.9 Å². The average Bonchev–Trinajstić information content (AvgIpc) is 2.60. The predicted octanol–water partition coefficient (Wildman–Crippen LogP) is 2.88. The second-order valence-electron chi connectivity index (χ2n) is 6.18. The van der Waals surface area contributed by atoms with Crippen molar-refractivity contribution in [3.8, 4) is 0 Å². The van der Waals surface area contributed by atoms with Gasteiger partial charge in [0.1, 0.15) is 0 Å². The maximum absolute atomic E-state index is 12.3. The molecule has 0 saturated carbocycles. The molecule has 0 aromatic heterocycles. The molecule has 7 nitrogen and oxygen atoms in total. The molecule has 0 spiro atoms. The topological polar surface area (TPSA) is 89.8 Å². The van der Waals surface area contributed by atoms with Crippen LogP contribution >= 0.6 is 11.8 Å². The number of esters is 1. The molecule has 2 rings (SSSR count). The Hall–Kier alpha value is -2.09. The summed E-state index contributed by atoms with van der Waals surface area (Å²) in [7, 11) is 0. The zero-order valence-electron chi connectivity index (χ0n) is 14.3. The van der Waals surface area contributed by atoms with Gasteiger partial charge < -0.3 is 9.64 Å². The maximum Gasteiger partial charge on any atom is 0.317 e. The lowest BCUT2D eigenvalue weighted by Crippen LogP contribution is -2.44. The van der Waals surface area contributed by atoms with Crippen LogP contribution in [0.5, 0.6) is 0 Å². The highest BCUT2D eigenvalue weighted by Crippen LogP contribution is 2.22. The fourth-order valence-electron chi connectivity index (χ4n) is 2.57. The molecule has 1 atom stereocenters. The van der Waals surface area contributed by atoms with Crippen LogP contribution in [0.3, 0.4) is 0 Å². The molecule has 1 heterocycles. The minimum Gasteiger partial charge on any atom is -0.452 e. The summed E-state index contributed by atoms with van der Waals surface area (Å²) < 4.78 is 5.22. The number of carbonyl (C=O) groups excluding carboxylic acids is 2. The largest absolute Gasteiger partial charge is 0.452 e. The van der Waals surface area contributed by atoms with Gasteiger partial charge in [0.25, 0.3) is 11.6 Å². The highest BCUT2D eigenvalue weighted by Gasteiger charge is 2.26. The summed E-state index contributed by atoms with van der Waals surface area (Å²) in [4.78, 5) is 36.8. The molecule has 0 radical (unpaired) electrons. The molecular formula is C17H22N2O5S. The molecule has 1 amide bonds. The molecule has 1 aromatic rings. The number of thioether (sulfide) groups is 1. The Morgan fingerprint density at radius 2 is 1.92 bits per heavy atom. The molecule has 0 aliphatic carbocycles. The number of non-ortho nitro benzene ring substituents is 1. The number of benzene rings is 1. The first-order valence-electron chi connectivity index (χ1n) is 8.22. The van der Waals surface area contributed by atoms with E-state index < -0.39 is 17.0 Å². The van der Waals surface area contributed by atoms with Gasteiger partial charge in [-0.2, -0.15) is 0 Å². The highest BCUT2D eigenvalue weighted by molar-refractivity contribution is 8.00. The maximum atomic E-state index is 12.3. The second kappa shape index (κ2) is 8.84. The lowest BCUT2D eigenvalue weighted by atomic mass is 9.99. The number of likely N-dealkylation sites (tertiary alicyclic amines) is 1. The molecule has 1 fully saturated rings. The number of carbonyl (C=O) groups is 2. The van der Waals surface area contributed by atoms with Crippen LogP contribution < -0.4 is 0 Å². The van der Waals surface area contributed by atoms with Crippen LogP contribution in [0, 0.1) is 16.0 Å². The number of amides is 1. The molecule has 1 aliphatic heterocycles. The van der Waals surface area contributed by atoms with Crippen molar-refractivity contribution in [3.05, 3.63) is 34.4 Å². The van der Waals surface area contributed by atoms with E-state index in [0.29, 0.717) is 19.0 Å². The monoisotopic (exact) mass is 366 g/mol. The van der Waals surface area contributed by atoms with E-state index in [1.807, 2.05) is 0 Å². The Morgan fingerprint density at radius 3 is 2.48 bits per heavy atom. The minimum absolute atomic E-state index is 0.00185. The Labute approximate surface area is 150 Å². The number of nitro groups is 1. The normalized spacial score (nSPS) is 16.3. The van der Waals surface area contributed by atoms with E-state index in [4.69, 9.17) is 4.74 Å². The third kappa shape index (κ3) is 5.74. The van der Waals surface area contributed by atoms with Crippen LogP contribution in [0.2, 0.25) is 0 Å². The van der Waals surface area contributed by atoms with Crippen LogP contribution in [-0.4, -0.2) is 46.6 Å². The number of rotatable bonds is 6. The van der Waals surface area contributed by atoms with Crippen molar-refractivity contribution in [2.24, 2.45) is 5.92 Å². The van der Waals surface area contributed by atoms with Crippen LogP contribution in [0.15, 0.2) is 29.2 Å². The summed E-state index contributed by atoms with van der Waals surface area (Å²) in [6.45, 7) is 5.17. The summed E-state index contributed by atoms with van der Waals surface area (Å²) in [6.07, 6.45) is 1.16. The fraction of sp³-hybridized carbons (Fsp3) is 0.529. The van der Waals surface area contributed by atoms with Crippen molar-refractivity contribution in [3.63, 3.8) is 0 Å². The summed E-state index contributed by atoms with van der Waals surface area (Å²) in [5.74, 6) is 0.0436. The third-order valence-electron chi connectivity index (χ3n) is 4.16. The molecule has 0 unspecified atom stereocenters. The minimum atomic E-state index is -0.793. The molecule has 8 heteroatoms. The quantitative estimate of drug-likeness (QED) is 0.333. The SMILES string of the molecule is CC1CCN(C(=O)[C@@H](C)OC(=O)CSc2ccc([N+](=O)[O-])cc2)CC1. The number of ether oxygens (including phenoxy) is 1. The molecule has 1 aliphatic rings. The Kier molecular flexibility index (Phi) is 6.81. The van der Waals surface area contributed by atoms with E-state index in [-0.39, 0.29) is 17.3 Å². The van der Waals surface area contributed by atoms with Gasteiger partial charge in [0.05, 0.1) is 10.7 Å². The Bertz CT molecular complexity index is 626. The fourth-order valence-corrected chi connectivity index (χ4v) is 3.26. The van der Waals surface area contributed by atoms with Crippen molar-refractivity contribution in [1.29, 1.82) is 0 Å². The third-order valence-corrected chi connectivity index (χ3v) is 5.14. The van der Waals surface area contributed by atoms with Crippen molar-refractivity contribution in [2.45, 2.75) is 37.7 Å². The zero-order chi connectivity index (χ0) is 18.4. The lowest BCUT2D eigenvalue weighted by Gasteiger charge is -2.31. The summed E-state index contributed by atoms with van der Waals surface area (Å²) >= 11 is 1.22. The standard InChI is InChI=1S/C17H22N2O5S/c1-12-7-9-18(10-8-12)17(21)13(2)24-16(20)11-25-15-5-3-14(4-6-15)19(22)23/h3-6,12-13H,7-11H2,1-2H3/t13-/m1/s1. The number of nitro benzene ring substituents is 1. The highest BCUT2D eigenvalue weighted by atomic mass is 32.2. The number of piperidine rings is 1. The van der Waals surface area contributed by atoms with Gasteiger partial charge in [-0.15, -0.1) is 11.8 Å². The van der Waals surface area contributed by atoms with Crippen molar-refractivity contribution in [2.75, 3.05) is 18.8 Å². The van der Waals surface area contributed by atoms with Crippen LogP contribution in [-0.2, 0) is 14.3 Å². The van der Waals surface area contributed by atoms with E-state index >= 15 is 0 Å². The Morgan fingerprint density at radius 1 is 1.32 bits per heavy atom. The Balaban J connectivity index is 1.77. The van der Waals surface area contributed by atoms with Gasteiger partial charge in [0.2, 0.25) is 0 Å². The molecule has 1 aromatic carbocycles. The van der Waals surface area contributed by atoms with Gasteiger partial charge in [-0.25, -0.2) is 0 Å². The van der Waals surface area contributed by atoms with Crippen molar-refractivity contribution < 1.29 is 19.2 Å². The lowest BCUT2D eigenvalue weighted by molar-refractivity contribution is -0.384. The van der Waals surface area contributed by atoms with Crippen LogP contribution in [0.4, 0.5) is 5.69 Å². The van der Waals surface area contributed by atoms with Crippen LogP contribution in [0.1, 0.15) is 26.7 Å². The van der Waals surface area contributed by atoms with Gasteiger partial charge in [0.15, 0.2) is 6.10 Å². The molecule has 25 heavy (non-hydrogen) atoms. The smallest absolute Gasteiger partial charge is 0.317 e. The summed E-state index contributed by atoms with van der Waals surface area (Å²) in [6, 6.07) is 5.94. The van der Waals surface area contributed by atoms with Gasteiger partial charge in [-0.3, -0.25) is 19.7 Å². The first-order chi connectivity index (χ1) is 11.9. The first-order valence-corrected chi connectivity index (χ1v) is 9.21. The van der Waals surface area contributed by atoms with E-state index in [0.717, 1.165) is 17.7 Å². The second-order valence-corrected chi connectivity index (χ2v) is 7.23.